The van der Waals surface area contributed by atoms with Gasteiger partial charge in [0.25, 0.3) is 5.91 Å². The molecule has 1 aromatic carbocycles. The van der Waals surface area contributed by atoms with Crippen molar-refractivity contribution in [3.63, 3.8) is 0 Å². The van der Waals surface area contributed by atoms with E-state index in [4.69, 9.17) is 0 Å². The number of amides is 3. The van der Waals surface area contributed by atoms with Crippen LogP contribution in [0.2, 0.25) is 0 Å². The molecule has 3 amide bonds. The number of hydrogen-bond acceptors (Lipinski definition) is 3. The van der Waals surface area contributed by atoms with E-state index >= 15 is 0 Å². The smallest absolute Gasteiger partial charge is 0.253 e. The molecule has 2 aliphatic rings. The molecule has 0 spiro atoms. The minimum Gasteiger partial charge on any atom is -0.341 e. The summed E-state index contributed by atoms with van der Waals surface area (Å²) in [6, 6.07) is 5.00. The lowest BCUT2D eigenvalue weighted by Gasteiger charge is -2.25. The van der Waals surface area contributed by atoms with Crippen LogP contribution in [0.4, 0.5) is 5.69 Å². The summed E-state index contributed by atoms with van der Waals surface area (Å²) in [5.41, 5.74) is 2.25. The average molecular weight is 301 g/mol. The minimum absolute atomic E-state index is 0.0117. The topological polar surface area (TPSA) is 69.7 Å². The second-order valence-corrected chi connectivity index (χ2v) is 5.90. The van der Waals surface area contributed by atoms with Crippen LogP contribution in [-0.2, 0) is 16.0 Å². The van der Waals surface area contributed by atoms with Gasteiger partial charge in [-0.1, -0.05) is 6.07 Å². The van der Waals surface area contributed by atoms with Crippen molar-refractivity contribution < 1.29 is 14.4 Å². The van der Waals surface area contributed by atoms with Gasteiger partial charge in [-0.25, -0.2) is 0 Å². The van der Waals surface area contributed by atoms with E-state index in [0.29, 0.717) is 30.6 Å². The van der Waals surface area contributed by atoms with Gasteiger partial charge >= 0.3 is 0 Å². The molecule has 3 rings (SSSR count). The third kappa shape index (κ3) is 2.45. The summed E-state index contributed by atoms with van der Waals surface area (Å²) in [5, 5.41) is 2.82. The molecule has 1 unspecified atom stereocenters. The van der Waals surface area contributed by atoms with E-state index in [1.54, 1.807) is 25.1 Å². The molecule has 22 heavy (non-hydrogen) atoms. The van der Waals surface area contributed by atoms with Gasteiger partial charge in [0.1, 0.15) is 6.04 Å². The first-order valence-corrected chi connectivity index (χ1v) is 7.42. The quantitative estimate of drug-likeness (QED) is 0.881. The number of carbonyl (C=O) groups is 3. The van der Waals surface area contributed by atoms with Crippen LogP contribution in [0.5, 0.6) is 0 Å². The highest BCUT2D eigenvalue weighted by Crippen LogP contribution is 2.23. The number of fused-ring (bicyclic) bond motifs is 1. The fraction of sp³-hybridized carbons (Fsp3) is 0.438. The zero-order valence-corrected chi connectivity index (χ0v) is 12.8. The first-order valence-electron chi connectivity index (χ1n) is 7.42. The Hall–Kier alpha value is -2.37. The lowest BCUT2D eigenvalue weighted by molar-refractivity contribution is -0.131. The largest absolute Gasteiger partial charge is 0.341 e. The Morgan fingerprint density at radius 3 is 2.68 bits per heavy atom. The Labute approximate surface area is 129 Å². The summed E-state index contributed by atoms with van der Waals surface area (Å²) >= 11 is 0. The Morgan fingerprint density at radius 1 is 1.23 bits per heavy atom. The number of carbonyl (C=O) groups excluding carboxylic acids is 3. The molecule has 1 aromatic rings. The molecule has 6 nitrogen and oxygen atoms in total. The van der Waals surface area contributed by atoms with Crippen molar-refractivity contribution in [2.75, 3.05) is 26.0 Å². The van der Waals surface area contributed by atoms with Crippen LogP contribution < -0.4 is 5.32 Å². The van der Waals surface area contributed by atoms with Crippen molar-refractivity contribution in [3.05, 3.63) is 29.3 Å². The van der Waals surface area contributed by atoms with Crippen molar-refractivity contribution in [1.82, 2.24) is 9.80 Å². The highest BCUT2D eigenvalue weighted by atomic mass is 16.2. The highest BCUT2D eigenvalue weighted by molar-refractivity contribution is 6.01. The minimum atomic E-state index is -0.429. The first kappa shape index (κ1) is 14.6. The van der Waals surface area contributed by atoms with E-state index in [2.05, 4.69) is 5.32 Å². The Bertz CT molecular complexity index is 656. The lowest BCUT2D eigenvalue weighted by atomic mass is 9.98. The van der Waals surface area contributed by atoms with Gasteiger partial charge in [0.2, 0.25) is 11.8 Å². The third-order valence-electron chi connectivity index (χ3n) is 4.47. The number of likely N-dealkylation sites (tertiary alicyclic amines) is 1. The van der Waals surface area contributed by atoms with Gasteiger partial charge in [-0.3, -0.25) is 14.4 Å². The van der Waals surface area contributed by atoms with Crippen molar-refractivity contribution >= 4 is 23.4 Å². The predicted octanol–water partition coefficient (Wildman–Crippen LogP) is 0.874. The molecular weight excluding hydrogens is 282 g/mol. The Balaban J connectivity index is 1.78. The molecule has 0 aliphatic carbocycles. The van der Waals surface area contributed by atoms with Gasteiger partial charge in [0, 0.05) is 38.3 Å². The number of benzene rings is 1. The van der Waals surface area contributed by atoms with Crippen LogP contribution in [0.15, 0.2) is 18.2 Å². The summed E-state index contributed by atoms with van der Waals surface area (Å²) in [5.74, 6) is -0.238. The normalized spacial score (nSPS) is 21.1. The van der Waals surface area contributed by atoms with Gasteiger partial charge in [-0.15, -0.1) is 0 Å². The molecule has 116 valence electrons. The van der Waals surface area contributed by atoms with Crippen LogP contribution in [0, 0.1) is 0 Å². The first-order chi connectivity index (χ1) is 10.5. The number of likely N-dealkylation sites (N-methyl/N-ethyl adjacent to an activating group) is 2. The maximum Gasteiger partial charge on any atom is 0.253 e. The van der Waals surface area contributed by atoms with Crippen molar-refractivity contribution in [2.45, 2.75) is 25.3 Å². The van der Waals surface area contributed by atoms with Gasteiger partial charge in [0.05, 0.1) is 0 Å². The molecular formula is C16H19N3O3. The molecule has 2 heterocycles. The number of anilines is 1. The number of nitrogens with one attached hydrogen (secondary N) is 1. The summed E-state index contributed by atoms with van der Waals surface area (Å²) in [6.07, 6.45) is 1.77. The predicted molar refractivity (Wildman–Crippen MR) is 81.5 cm³/mol. The second kappa shape index (κ2) is 5.44. The lowest BCUT2D eigenvalue weighted by Crippen LogP contribution is -2.39. The summed E-state index contributed by atoms with van der Waals surface area (Å²) in [6.45, 7) is 0.715. The molecule has 2 aliphatic heterocycles. The number of rotatable bonds is 2. The highest BCUT2D eigenvalue weighted by Gasteiger charge is 2.33. The SMILES string of the molecule is CN1CCc2ccc(NC(=O)C3CCC(=O)N3C)cc2C1=O. The van der Waals surface area contributed by atoms with Gasteiger partial charge in [-0.05, 0) is 30.5 Å². The van der Waals surface area contributed by atoms with E-state index in [0.717, 1.165) is 12.0 Å². The maximum atomic E-state index is 12.3. The molecule has 1 atom stereocenters. The van der Waals surface area contributed by atoms with Gasteiger partial charge in [0.15, 0.2) is 0 Å². The van der Waals surface area contributed by atoms with E-state index in [1.165, 1.54) is 4.90 Å². The second-order valence-electron chi connectivity index (χ2n) is 5.90. The van der Waals surface area contributed by atoms with E-state index in [1.807, 2.05) is 12.1 Å². The monoisotopic (exact) mass is 301 g/mol. The molecule has 0 bridgehead atoms. The summed E-state index contributed by atoms with van der Waals surface area (Å²) in [7, 11) is 3.42. The Kier molecular flexibility index (Phi) is 3.60. The third-order valence-corrected chi connectivity index (χ3v) is 4.47. The molecule has 0 saturated carbocycles. The van der Waals surface area contributed by atoms with Crippen molar-refractivity contribution in [3.8, 4) is 0 Å². The molecule has 6 heteroatoms. The zero-order chi connectivity index (χ0) is 15.9. The van der Waals surface area contributed by atoms with Crippen LogP contribution in [0.1, 0.15) is 28.8 Å². The zero-order valence-electron chi connectivity index (χ0n) is 12.8. The van der Waals surface area contributed by atoms with Gasteiger partial charge in [-0.2, -0.15) is 0 Å². The standard InChI is InChI=1S/C16H19N3O3/c1-18-8-7-10-3-4-11(9-12(10)16(18)22)17-15(21)13-5-6-14(20)19(13)2/h3-4,9,13H,5-8H2,1-2H3,(H,17,21). The van der Waals surface area contributed by atoms with E-state index in [-0.39, 0.29) is 17.7 Å². The van der Waals surface area contributed by atoms with Crippen LogP contribution in [0.3, 0.4) is 0 Å². The Morgan fingerprint density at radius 2 is 2.00 bits per heavy atom. The number of nitrogens with zero attached hydrogens (tertiary/aromatic N) is 2. The number of hydrogen-bond donors (Lipinski definition) is 1. The van der Waals surface area contributed by atoms with Crippen LogP contribution in [0.25, 0.3) is 0 Å². The molecule has 1 fully saturated rings. The fourth-order valence-corrected chi connectivity index (χ4v) is 3.00. The maximum absolute atomic E-state index is 12.3. The van der Waals surface area contributed by atoms with E-state index < -0.39 is 6.04 Å². The molecule has 0 radical (unpaired) electrons. The molecule has 1 saturated heterocycles. The van der Waals surface area contributed by atoms with Gasteiger partial charge < -0.3 is 15.1 Å². The molecule has 1 N–H and O–H groups in total. The molecule has 0 aromatic heterocycles. The van der Waals surface area contributed by atoms with Crippen molar-refractivity contribution in [1.29, 1.82) is 0 Å². The van der Waals surface area contributed by atoms with Crippen molar-refractivity contribution in [2.24, 2.45) is 0 Å². The van der Waals surface area contributed by atoms with Crippen LogP contribution >= 0.6 is 0 Å². The summed E-state index contributed by atoms with van der Waals surface area (Å²) < 4.78 is 0. The fourth-order valence-electron chi connectivity index (χ4n) is 3.00. The van der Waals surface area contributed by atoms with Crippen LogP contribution in [-0.4, -0.2) is 54.2 Å². The van der Waals surface area contributed by atoms with E-state index in [9.17, 15) is 14.4 Å². The summed E-state index contributed by atoms with van der Waals surface area (Å²) in [4.78, 5) is 39.1. The average Bonchev–Trinajstić information content (AvgIpc) is 2.83.